The van der Waals surface area contributed by atoms with Gasteiger partial charge in [-0.2, -0.15) is 0 Å². The second-order valence-corrected chi connectivity index (χ2v) is 4.77. The highest BCUT2D eigenvalue weighted by Gasteiger charge is 2.09. The van der Waals surface area contributed by atoms with Crippen LogP contribution in [0.2, 0.25) is 0 Å². The molecule has 0 atom stereocenters. The van der Waals surface area contributed by atoms with E-state index in [4.69, 9.17) is 15.6 Å². The van der Waals surface area contributed by atoms with Gasteiger partial charge in [-0.15, -0.1) is 0 Å². The van der Waals surface area contributed by atoms with Crippen molar-refractivity contribution in [2.24, 2.45) is 0 Å². The molecule has 1 amide bonds. The van der Waals surface area contributed by atoms with Crippen molar-refractivity contribution in [3.05, 3.63) is 18.2 Å². The molecule has 0 aliphatic heterocycles. The van der Waals surface area contributed by atoms with E-state index in [1.807, 2.05) is 6.92 Å². The predicted octanol–water partition coefficient (Wildman–Crippen LogP) is 1.31. The van der Waals surface area contributed by atoms with Crippen molar-refractivity contribution in [2.45, 2.75) is 19.8 Å². The van der Waals surface area contributed by atoms with E-state index in [1.54, 1.807) is 25.3 Å². The Morgan fingerprint density at radius 3 is 2.81 bits per heavy atom. The second kappa shape index (κ2) is 9.20. The number of likely N-dealkylation sites (N-methyl/N-ethyl adjacent to an activating group) is 1. The monoisotopic (exact) mass is 295 g/mol. The number of hydrogen-bond acceptors (Lipinski definition) is 5. The summed E-state index contributed by atoms with van der Waals surface area (Å²) in [6.07, 6.45) is 1.17. The number of nitrogens with two attached hydrogens (primary N) is 1. The number of amides is 1. The summed E-state index contributed by atoms with van der Waals surface area (Å²) in [4.78, 5) is 14.0. The number of nitrogen functional groups attached to an aromatic ring is 1. The lowest BCUT2D eigenvalue weighted by Gasteiger charge is -2.18. The average Bonchev–Trinajstić information content (AvgIpc) is 2.48. The molecule has 0 aliphatic carbocycles. The first-order valence-electron chi connectivity index (χ1n) is 7.17. The first-order valence-corrected chi connectivity index (χ1v) is 7.17. The Bertz CT molecular complexity index is 452. The topological polar surface area (TPSA) is 87.8 Å². The molecule has 0 spiro atoms. The summed E-state index contributed by atoms with van der Waals surface area (Å²) in [5.74, 6) is 0.497. The molecule has 0 aliphatic rings. The minimum absolute atomic E-state index is 0.0573. The van der Waals surface area contributed by atoms with E-state index >= 15 is 0 Å². The zero-order chi connectivity index (χ0) is 15.7. The van der Waals surface area contributed by atoms with Gasteiger partial charge < -0.3 is 25.8 Å². The summed E-state index contributed by atoms with van der Waals surface area (Å²) in [7, 11) is 1.54. The highest BCUT2D eigenvalue weighted by Crippen LogP contribution is 2.26. The van der Waals surface area contributed by atoms with E-state index in [1.165, 1.54) is 0 Å². The van der Waals surface area contributed by atoms with Gasteiger partial charge >= 0.3 is 0 Å². The number of nitrogens with one attached hydrogen (secondary N) is 1. The maximum absolute atomic E-state index is 11.9. The third-order valence-corrected chi connectivity index (χ3v) is 3.24. The maximum atomic E-state index is 11.9. The van der Waals surface area contributed by atoms with E-state index in [2.05, 4.69) is 10.2 Å². The van der Waals surface area contributed by atoms with Crippen molar-refractivity contribution in [1.82, 2.24) is 4.90 Å². The lowest BCUT2D eigenvalue weighted by Crippen LogP contribution is -2.28. The number of ether oxygens (including phenoxy) is 1. The zero-order valence-corrected chi connectivity index (χ0v) is 12.8. The molecule has 1 aromatic carbocycles. The fraction of sp³-hybridized carbons (Fsp3) is 0.533. The van der Waals surface area contributed by atoms with E-state index in [9.17, 15) is 4.79 Å². The summed E-state index contributed by atoms with van der Waals surface area (Å²) in [5.41, 5.74) is 6.89. The Hall–Kier alpha value is -1.79. The van der Waals surface area contributed by atoms with E-state index < -0.39 is 0 Å². The van der Waals surface area contributed by atoms with Crippen LogP contribution in [-0.2, 0) is 4.79 Å². The van der Waals surface area contributed by atoms with Crippen molar-refractivity contribution in [3.8, 4) is 5.75 Å². The second-order valence-electron chi connectivity index (χ2n) is 4.77. The highest BCUT2D eigenvalue weighted by atomic mass is 16.5. The number of rotatable bonds is 9. The van der Waals surface area contributed by atoms with Crippen molar-refractivity contribution in [2.75, 3.05) is 44.4 Å². The van der Waals surface area contributed by atoms with Crippen LogP contribution < -0.4 is 15.8 Å². The van der Waals surface area contributed by atoms with Crippen molar-refractivity contribution in [1.29, 1.82) is 0 Å². The van der Waals surface area contributed by atoms with Gasteiger partial charge in [0.05, 0.1) is 19.4 Å². The first kappa shape index (κ1) is 17.3. The standard InChI is InChI=1S/C15H25N3O3/c1-3-18(9-10-19)8-4-5-15(20)17-13-7-6-12(16)11-14(13)21-2/h6-7,11,19H,3-5,8-10,16H2,1-2H3,(H,17,20). The largest absolute Gasteiger partial charge is 0.494 e. The quantitative estimate of drug-likeness (QED) is 0.598. The van der Waals surface area contributed by atoms with Gasteiger partial charge in [0.2, 0.25) is 5.91 Å². The van der Waals surface area contributed by atoms with Gasteiger partial charge in [-0.3, -0.25) is 4.79 Å². The van der Waals surface area contributed by atoms with Gasteiger partial charge in [-0.1, -0.05) is 6.92 Å². The highest BCUT2D eigenvalue weighted by molar-refractivity contribution is 5.92. The molecular formula is C15H25N3O3. The minimum Gasteiger partial charge on any atom is -0.494 e. The molecule has 6 nitrogen and oxygen atoms in total. The Balaban J connectivity index is 2.43. The number of carbonyl (C=O) groups excluding carboxylic acids is 1. The van der Waals surface area contributed by atoms with E-state index in [-0.39, 0.29) is 12.5 Å². The fourth-order valence-electron chi connectivity index (χ4n) is 2.06. The number of carbonyl (C=O) groups is 1. The average molecular weight is 295 g/mol. The number of aliphatic hydroxyl groups is 1. The molecule has 6 heteroatoms. The predicted molar refractivity (Wildman–Crippen MR) is 84.5 cm³/mol. The lowest BCUT2D eigenvalue weighted by atomic mass is 10.2. The Kier molecular flexibility index (Phi) is 7.56. The van der Waals surface area contributed by atoms with Gasteiger partial charge in [-0.05, 0) is 31.6 Å². The number of methoxy groups -OCH3 is 1. The molecule has 1 aromatic rings. The number of hydrogen-bond donors (Lipinski definition) is 3. The Morgan fingerprint density at radius 2 is 2.19 bits per heavy atom. The van der Waals surface area contributed by atoms with Gasteiger partial charge in [0, 0.05) is 24.7 Å². The van der Waals surface area contributed by atoms with Crippen LogP contribution in [0.25, 0.3) is 0 Å². The summed E-state index contributed by atoms with van der Waals surface area (Å²) < 4.78 is 5.19. The van der Waals surface area contributed by atoms with E-state index in [0.717, 1.165) is 19.5 Å². The summed E-state index contributed by atoms with van der Waals surface area (Å²) in [5, 5.41) is 11.7. The molecule has 0 saturated carbocycles. The smallest absolute Gasteiger partial charge is 0.224 e. The van der Waals surface area contributed by atoms with Crippen LogP contribution in [0.4, 0.5) is 11.4 Å². The molecule has 21 heavy (non-hydrogen) atoms. The third kappa shape index (κ3) is 6.01. The SMILES string of the molecule is CCN(CCO)CCCC(=O)Nc1ccc(N)cc1OC. The molecule has 1 rings (SSSR count). The molecule has 0 radical (unpaired) electrons. The molecule has 118 valence electrons. The van der Waals surface area contributed by atoms with Crippen LogP contribution in [0.15, 0.2) is 18.2 Å². The molecule has 0 fully saturated rings. The summed E-state index contributed by atoms with van der Waals surface area (Å²) in [6, 6.07) is 5.13. The van der Waals surface area contributed by atoms with Crippen LogP contribution in [-0.4, -0.2) is 49.3 Å². The number of aliphatic hydroxyl groups excluding tert-OH is 1. The van der Waals surface area contributed by atoms with Gasteiger partial charge in [0.25, 0.3) is 0 Å². The molecular weight excluding hydrogens is 270 g/mol. The first-order chi connectivity index (χ1) is 10.1. The Labute approximate surface area is 125 Å². The van der Waals surface area contributed by atoms with Gasteiger partial charge in [0.1, 0.15) is 5.75 Å². The van der Waals surface area contributed by atoms with Gasteiger partial charge in [0.15, 0.2) is 0 Å². The molecule has 0 bridgehead atoms. The Morgan fingerprint density at radius 1 is 1.43 bits per heavy atom. The molecule has 4 N–H and O–H groups in total. The molecule has 0 saturated heterocycles. The van der Waals surface area contributed by atoms with Crippen LogP contribution in [0.1, 0.15) is 19.8 Å². The third-order valence-electron chi connectivity index (χ3n) is 3.24. The van der Waals surface area contributed by atoms with Gasteiger partial charge in [-0.25, -0.2) is 0 Å². The summed E-state index contributed by atoms with van der Waals surface area (Å²) in [6.45, 7) is 4.48. The van der Waals surface area contributed by atoms with Crippen LogP contribution in [0.5, 0.6) is 5.75 Å². The minimum atomic E-state index is -0.0573. The molecule has 0 heterocycles. The zero-order valence-electron chi connectivity index (χ0n) is 12.8. The van der Waals surface area contributed by atoms with Crippen LogP contribution >= 0.6 is 0 Å². The number of benzene rings is 1. The lowest BCUT2D eigenvalue weighted by molar-refractivity contribution is -0.116. The normalized spacial score (nSPS) is 10.7. The van der Waals surface area contributed by atoms with Crippen molar-refractivity contribution >= 4 is 17.3 Å². The van der Waals surface area contributed by atoms with Crippen LogP contribution in [0.3, 0.4) is 0 Å². The van der Waals surface area contributed by atoms with Crippen molar-refractivity contribution in [3.63, 3.8) is 0 Å². The summed E-state index contributed by atoms with van der Waals surface area (Å²) >= 11 is 0. The molecule has 0 aromatic heterocycles. The molecule has 0 unspecified atom stereocenters. The number of nitrogens with zero attached hydrogens (tertiary/aromatic N) is 1. The number of anilines is 2. The van der Waals surface area contributed by atoms with Crippen LogP contribution in [0, 0.1) is 0 Å². The van der Waals surface area contributed by atoms with Crippen molar-refractivity contribution < 1.29 is 14.6 Å². The maximum Gasteiger partial charge on any atom is 0.224 e. The van der Waals surface area contributed by atoms with E-state index in [0.29, 0.717) is 30.1 Å². The fourth-order valence-corrected chi connectivity index (χ4v) is 2.06.